The second kappa shape index (κ2) is 10.8. The number of anilines is 4. The van der Waals surface area contributed by atoms with E-state index in [0.29, 0.717) is 72.2 Å². The van der Waals surface area contributed by atoms with Crippen LogP contribution >= 0.6 is 11.6 Å². The Morgan fingerprint density at radius 3 is 2.62 bits per heavy atom. The van der Waals surface area contributed by atoms with E-state index in [1.807, 2.05) is 4.90 Å². The van der Waals surface area contributed by atoms with Crippen molar-refractivity contribution in [1.29, 1.82) is 10.5 Å². The minimum Gasteiger partial charge on any atom is -0.379 e. The molecule has 3 aliphatic rings. The van der Waals surface area contributed by atoms with E-state index in [-0.39, 0.29) is 23.7 Å². The predicted octanol–water partition coefficient (Wildman–Crippen LogP) is 1.82. The van der Waals surface area contributed by atoms with Gasteiger partial charge in [0.25, 0.3) is 0 Å². The third-order valence-electron chi connectivity index (χ3n) is 7.41. The van der Waals surface area contributed by atoms with Gasteiger partial charge in [0.1, 0.15) is 6.07 Å². The number of fused-ring (bicyclic) bond motifs is 1. The second-order valence-corrected chi connectivity index (χ2v) is 10.6. The van der Waals surface area contributed by atoms with Crippen LogP contribution in [-0.4, -0.2) is 100 Å². The van der Waals surface area contributed by atoms with E-state index in [9.17, 15) is 15.3 Å². The summed E-state index contributed by atoms with van der Waals surface area (Å²) in [6.07, 6.45) is 3.74. The molecule has 3 aromatic rings. The summed E-state index contributed by atoms with van der Waals surface area (Å²) in [5, 5.41) is 30.6. The zero-order valence-corrected chi connectivity index (χ0v) is 22.7. The number of methoxy groups -OCH3 is 1. The Balaban J connectivity index is 1.20. The number of benzene rings is 1. The van der Waals surface area contributed by atoms with Crippen LogP contribution in [0.3, 0.4) is 0 Å². The van der Waals surface area contributed by atoms with Crippen molar-refractivity contribution < 1.29 is 9.53 Å². The maximum absolute atomic E-state index is 12.8. The van der Waals surface area contributed by atoms with Crippen LogP contribution in [0.15, 0.2) is 18.3 Å². The van der Waals surface area contributed by atoms with Crippen molar-refractivity contribution in [3.8, 4) is 12.1 Å². The number of nitrogens with zero attached hydrogens (tertiary/aromatic N) is 9. The van der Waals surface area contributed by atoms with Gasteiger partial charge in [-0.3, -0.25) is 9.69 Å². The average Bonchev–Trinajstić information content (AvgIpc) is 3.67. The van der Waals surface area contributed by atoms with Crippen molar-refractivity contribution in [1.82, 2.24) is 29.4 Å². The van der Waals surface area contributed by atoms with Gasteiger partial charge in [0.2, 0.25) is 11.9 Å². The van der Waals surface area contributed by atoms with Crippen molar-refractivity contribution in [3.63, 3.8) is 0 Å². The average molecular weight is 562 g/mol. The van der Waals surface area contributed by atoms with E-state index in [1.54, 1.807) is 19.2 Å². The topological polar surface area (TPSA) is 151 Å². The molecule has 0 bridgehead atoms. The van der Waals surface area contributed by atoms with Crippen molar-refractivity contribution in [2.75, 3.05) is 68.5 Å². The fraction of sp³-hybridized carbons (Fsp3) is 0.462. The first-order valence-corrected chi connectivity index (χ1v) is 13.5. The molecule has 40 heavy (non-hydrogen) atoms. The van der Waals surface area contributed by atoms with Gasteiger partial charge >= 0.3 is 0 Å². The molecule has 2 N–H and O–H groups in total. The fourth-order valence-electron chi connectivity index (χ4n) is 4.93. The maximum atomic E-state index is 12.8. The lowest BCUT2D eigenvalue weighted by atomic mass is 10.1. The Labute approximate surface area is 235 Å². The van der Waals surface area contributed by atoms with Crippen LogP contribution in [0.4, 0.5) is 23.1 Å². The highest BCUT2D eigenvalue weighted by atomic mass is 35.5. The third-order valence-corrected chi connectivity index (χ3v) is 7.81. The number of hydrogen-bond acceptors (Lipinski definition) is 11. The number of amides is 1. The molecule has 1 saturated carbocycles. The van der Waals surface area contributed by atoms with Crippen molar-refractivity contribution in [2.45, 2.75) is 25.0 Å². The molecule has 0 atom stereocenters. The standard InChI is InChI=1S/C26H28ClN11O2/c1-40-19-13-35(14-19)15-22(39)37-6-4-36(5-7-37)21-9-16(10-28)8-20(23(21)27)32-26-33-24(31-17-2-3-17)25-30-12-18(11-29)38(25)34-26/h8-9,12,17,19H,2-7,13-15H2,1H3,(H2,31,32,33,34). The number of imidazole rings is 1. The van der Waals surface area contributed by atoms with Gasteiger partial charge in [-0.05, 0) is 25.0 Å². The number of carbonyl (C=O) groups is 1. The zero-order chi connectivity index (χ0) is 27.8. The number of nitrogens with one attached hydrogen (secondary N) is 2. The smallest absolute Gasteiger partial charge is 0.247 e. The number of rotatable bonds is 8. The Morgan fingerprint density at radius 2 is 1.95 bits per heavy atom. The van der Waals surface area contributed by atoms with E-state index in [1.165, 1.54) is 10.7 Å². The summed E-state index contributed by atoms with van der Waals surface area (Å²) in [6, 6.07) is 8.01. The van der Waals surface area contributed by atoms with Gasteiger partial charge in [-0.1, -0.05) is 11.6 Å². The first-order chi connectivity index (χ1) is 19.4. The molecular weight excluding hydrogens is 534 g/mol. The van der Waals surface area contributed by atoms with Crippen LogP contribution < -0.4 is 15.5 Å². The molecule has 3 fully saturated rings. The quantitative estimate of drug-likeness (QED) is 0.414. The van der Waals surface area contributed by atoms with E-state index >= 15 is 0 Å². The third kappa shape index (κ3) is 5.19. The lowest BCUT2D eigenvalue weighted by Gasteiger charge is -2.41. The van der Waals surface area contributed by atoms with Crippen LogP contribution in [0.25, 0.3) is 5.65 Å². The number of halogens is 1. The zero-order valence-electron chi connectivity index (χ0n) is 22.0. The SMILES string of the molecule is COC1CN(CC(=O)N2CCN(c3cc(C#N)cc(Nc4nc(NC5CC5)c5ncc(C#N)n5n4)c3Cl)CC2)C1. The Hall–Kier alpha value is -4.17. The highest BCUT2D eigenvalue weighted by molar-refractivity contribution is 6.36. The number of piperazine rings is 1. The van der Waals surface area contributed by atoms with Gasteiger partial charge < -0.3 is 25.2 Å². The van der Waals surface area contributed by atoms with E-state index < -0.39 is 0 Å². The number of carbonyl (C=O) groups excluding carboxylic acids is 1. The maximum Gasteiger partial charge on any atom is 0.247 e. The molecule has 0 unspecified atom stereocenters. The summed E-state index contributed by atoms with van der Waals surface area (Å²) < 4.78 is 6.73. The molecule has 1 amide bonds. The number of likely N-dealkylation sites (tertiary alicyclic amines) is 1. The van der Waals surface area contributed by atoms with Crippen LogP contribution in [0.2, 0.25) is 5.02 Å². The summed E-state index contributed by atoms with van der Waals surface area (Å²) in [5.74, 6) is 0.837. The molecule has 206 valence electrons. The minimum atomic E-state index is 0.104. The van der Waals surface area contributed by atoms with Gasteiger partial charge in [-0.15, -0.1) is 5.10 Å². The molecule has 2 saturated heterocycles. The molecule has 0 radical (unpaired) electrons. The monoisotopic (exact) mass is 561 g/mol. The molecule has 6 rings (SSSR count). The van der Waals surface area contributed by atoms with E-state index in [0.717, 1.165) is 25.9 Å². The van der Waals surface area contributed by atoms with Crippen LogP contribution in [0.1, 0.15) is 24.1 Å². The highest BCUT2D eigenvalue weighted by Gasteiger charge is 2.31. The number of aromatic nitrogens is 4. The summed E-state index contributed by atoms with van der Waals surface area (Å²) >= 11 is 6.88. The molecule has 1 aliphatic carbocycles. The molecule has 13 nitrogen and oxygen atoms in total. The number of nitriles is 2. The van der Waals surface area contributed by atoms with Crippen LogP contribution in [0, 0.1) is 22.7 Å². The van der Waals surface area contributed by atoms with Crippen molar-refractivity contribution in [2.24, 2.45) is 0 Å². The Bertz CT molecular complexity index is 1530. The van der Waals surface area contributed by atoms with Crippen molar-refractivity contribution in [3.05, 3.63) is 34.6 Å². The lowest BCUT2D eigenvalue weighted by Crippen LogP contribution is -2.57. The normalized spacial score (nSPS) is 17.8. The van der Waals surface area contributed by atoms with Gasteiger partial charge in [0.15, 0.2) is 17.2 Å². The molecule has 4 heterocycles. The predicted molar refractivity (Wildman–Crippen MR) is 148 cm³/mol. The van der Waals surface area contributed by atoms with Gasteiger partial charge in [0.05, 0.1) is 46.9 Å². The highest BCUT2D eigenvalue weighted by Crippen LogP contribution is 2.36. The van der Waals surface area contributed by atoms with E-state index in [4.69, 9.17) is 16.3 Å². The Kier molecular flexibility index (Phi) is 7.02. The summed E-state index contributed by atoms with van der Waals surface area (Å²) in [6.45, 7) is 4.24. The largest absolute Gasteiger partial charge is 0.379 e. The number of ether oxygens (including phenoxy) is 1. The summed E-state index contributed by atoms with van der Waals surface area (Å²) in [5.41, 5.74) is 2.32. The first kappa shape index (κ1) is 26.1. The van der Waals surface area contributed by atoms with Gasteiger partial charge in [0, 0.05) is 52.4 Å². The molecule has 0 spiro atoms. The summed E-state index contributed by atoms with van der Waals surface area (Å²) in [4.78, 5) is 27.7. The summed E-state index contributed by atoms with van der Waals surface area (Å²) in [7, 11) is 1.69. The number of hydrogen-bond donors (Lipinski definition) is 2. The van der Waals surface area contributed by atoms with Crippen LogP contribution in [-0.2, 0) is 9.53 Å². The van der Waals surface area contributed by atoms with E-state index in [2.05, 4.69) is 47.6 Å². The first-order valence-electron chi connectivity index (χ1n) is 13.2. The molecular formula is C26H28ClN11O2. The molecule has 14 heteroatoms. The Morgan fingerprint density at radius 1 is 1.18 bits per heavy atom. The van der Waals surface area contributed by atoms with Gasteiger partial charge in [-0.2, -0.15) is 20.0 Å². The molecule has 2 aliphatic heterocycles. The van der Waals surface area contributed by atoms with Crippen LogP contribution in [0.5, 0.6) is 0 Å². The molecule has 1 aromatic carbocycles. The lowest BCUT2D eigenvalue weighted by molar-refractivity contribution is -0.136. The molecule has 2 aromatic heterocycles. The second-order valence-electron chi connectivity index (χ2n) is 10.2. The van der Waals surface area contributed by atoms with Gasteiger partial charge in [-0.25, -0.2) is 4.98 Å². The fourth-order valence-corrected chi connectivity index (χ4v) is 5.21. The van der Waals surface area contributed by atoms with Crippen molar-refractivity contribution >= 4 is 46.3 Å². The minimum absolute atomic E-state index is 0.104.